The molecule has 3 amide bonds. The summed E-state index contributed by atoms with van der Waals surface area (Å²) < 4.78 is 5.26. The van der Waals surface area contributed by atoms with Gasteiger partial charge in [-0.15, -0.1) is 0 Å². The van der Waals surface area contributed by atoms with Crippen molar-refractivity contribution >= 4 is 29.6 Å². The lowest BCUT2D eigenvalue weighted by atomic mass is 10.1. The zero-order valence-electron chi connectivity index (χ0n) is 16.1. The molecule has 1 fully saturated rings. The fourth-order valence-electron chi connectivity index (χ4n) is 2.76. The Morgan fingerprint density at radius 2 is 1.69 bits per heavy atom. The Labute approximate surface area is 168 Å². The highest BCUT2D eigenvalue weighted by Gasteiger charge is 2.22. The molecule has 1 heterocycles. The number of carbonyl (C=O) groups excluding carboxylic acids is 3. The fraction of sp³-hybridized carbons (Fsp3) is 0.238. The van der Waals surface area contributed by atoms with Gasteiger partial charge in [-0.05, 0) is 24.6 Å². The summed E-state index contributed by atoms with van der Waals surface area (Å²) in [5, 5.41) is 6.27. The molecule has 0 bridgehead atoms. The van der Waals surface area contributed by atoms with Gasteiger partial charge in [0.05, 0.1) is 30.7 Å². The van der Waals surface area contributed by atoms with Crippen molar-refractivity contribution in [3.05, 3.63) is 65.2 Å². The number of nitrogens with zero attached hydrogens (tertiary/aromatic N) is 2. The van der Waals surface area contributed by atoms with Crippen molar-refractivity contribution in [2.45, 2.75) is 6.92 Å². The highest BCUT2D eigenvalue weighted by molar-refractivity contribution is 6.40. The third kappa shape index (κ3) is 5.49. The number of hydrazone groups is 1. The van der Waals surface area contributed by atoms with Crippen LogP contribution in [0.4, 0.5) is 5.69 Å². The van der Waals surface area contributed by atoms with E-state index in [2.05, 4.69) is 15.8 Å². The van der Waals surface area contributed by atoms with Gasteiger partial charge >= 0.3 is 11.8 Å². The molecule has 150 valence electrons. The van der Waals surface area contributed by atoms with E-state index in [9.17, 15) is 14.4 Å². The average Bonchev–Trinajstić information content (AvgIpc) is 2.75. The first-order valence-corrected chi connectivity index (χ1v) is 9.21. The predicted molar refractivity (Wildman–Crippen MR) is 109 cm³/mol. The van der Waals surface area contributed by atoms with E-state index in [1.165, 1.54) is 6.21 Å². The summed E-state index contributed by atoms with van der Waals surface area (Å²) in [4.78, 5) is 38.6. The zero-order chi connectivity index (χ0) is 20.6. The molecule has 0 aliphatic carbocycles. The molecule has 8 heteroatoms. The lowest BCUT2D eigenvalue weighted by Gasteiger charge is -2.27. The van der Waals surface area contributed by atoms with Crippen LogP contribution in [-0.2, 0) is 14.3 Å². The third-order valence-corrected chi connectivity index (χ3v) is 4.37. The van der Waals surface area contributed by atoms with Gasteiger partial charge in [-0.3, -0.25) is 14.4 Å². The molecule has 3 rings (SSSR count). The maximum atomic E-state index is 12.7. The van der Waals surface area contributed by atoms with Crippen LogP contribution in [0.3, 0.4) is 0 Å². The number of nitrogens with one attached hydrogen (secondary N) is 2. The van der Waals surface area contributed by atoms with Gasteiger partial charge in [-0.2, -0.15) is 5.10 Å². The van der Waals surface area contributed by atoms with Gasteiger partial charge in [0.1, 0.15) is 0 Å². The van der Waals surface area contributed by atoms with E-state index in [4.69, 9.17) is 4.74 Å². The fourth-order valence-corrected chi connectivity index (χ4v) is 2.76. The predicted octanol–water partition coefficient (Wildman–Crippen LogP) is 1.56. The molecule has 0 atom stereocenters. The average molecular weight is 394 g/mol. The van der Waals surface area contributed by atoms with Crippen LogP contribution in [0.2, 0.25) is 0 Å². The monoisotopic (exact) mass is 394 g/mol. The summed E-state index contributed by atoms with van der Waals surface area (Å²) in [6.45, 7) is 3.88. The summed E-state index contributed by atoms with van der Waals surface area (Å²) in [5.41, 5.74) is 4.67. The largest absolute Gasteiger partial charge is 0.378 e. The van der Waals surface area contributed by atoms with Gasteiger partial charge in [0.25, 0.3) is 5.91 Å². The van der Waals surface area contributed by atoms with Gasteiger partial charge < -0.3 is 15.0 Å². The van der Waals surface area contributed by atoms with E-state index < -0.39 is 11.8 Å². The van der Waals surface area contributed by atoms with Crippen molar-refractivity contribution in [2.75, 3.05) is 31.6 Å². The number of amides is 3. The van der Waals surface area contributed by atoms with E-state index in [0.29, 0.717) is 31.9 Å². The first-order valence-electron chi connectivity index (χ1n) is 9.21. The number of carbonyl (C=O) groups is 3. The molecule has 0 radical (unpaired) electrons. The molecule has 2 aromatic carbocycles. The number of hydrogen-bond acceptors (Lipinski definition) is 5. The number of aryl methyl sites for hydroxylation is 1. The number of benzene rings is 2. The van der Waals surface area contributed by atoms with Crippen LogP contribution in [0.5, 0.6) is 0 Å². The maximum Gasteiger partial charge on any atom is 0.329 e. The number of rotatable bonds is 4. The SMILES string of the molecule is Cc1ccc(C=NNC(=O)C(=O)Nc2ccccc2C(=O)N2CCOCC2)cc1. The molecule has 8 nitrogen and oxygen atoms in total. The smallest absolute Gasteiger partial charge is 0.329 e. The first-order chi connectivity index (χ1) is 14.0. The van der Waals surface area contributed by atoms with Gasteiger partial charge in [0, 0.05) is 13.1 Å². The highest BCUT2D eigenvalue weighted by Crippen LogP contribution is 2.18. The number of anilines is 1. The van der Waals surface area contributed by atoms with Crippen molar-refractivity contribution in [1.82, 2.24) is 10.3 Å². The lowest BCUT2D eigenvalue weighted by molar-refractivity contribution is -0.136. The van der Waals surface area contributed by atoms with E-state index in [0.717, 1.165) is 11.1 Å². The number of ether oxygens (including phenoxy) is 1. The standard InChI is InChI=1S/C21H22N4O4/c1-15-6-8-16(9-7-15)14-22-24-20(27)19(26)23-18-5-3-2-4-17(18)21(28)25-10-12-29-13-11-25/h2-9,14H,10-13H2,1H3,(H,23,26)(H,24,27). The van der Waals surface area contributed by atoms with Gasteiger partial charge in [-0.25, -0.2) is 5.43 Å². The number of hydrogen-bond donors (Lipinski definition) is 2. The van der Waals surface area contributed by atoms with E-state index in [-0.39, 0.29) is 11.6 Å². The van der Waals surface area contributed by atoms with Crippen LogP contribution in [0.25, 0.3) is 0 Å². The van der Waals surface area contributed by atoms with Crippen LogP contribution in [0, 0.1) is 6.92 Å². The molecule has 1 saturated heterocycles. The van der Waals surface area contributed by atoms with Crippen LogP contribution in [0.15, 0.2) is 53.6 Å². The van der Waals surface area contributed by atoms with Crippen LogP contribution in [-0.4, -0.2) is 55.1 Å². The third-order valence-electron chi connectivity index (χ3n) is 4.37. The molecule has 2 N–H and O–H groups in total. The summed E-state index contributed by atoms with van der Waals surface area (Å²) in [5.74, 6) is -2.06. The van der Waals surface area contributed by atoms with Gasteiger partial charge in [0.2, 0.25) is 0 Å². The van der Waals surface area contributed by atoms with Crippen molar-refractivity contribution < 1.29 is 19.1 Å². The minimum Gasteiger partial charge on any atom is -0.378 e. The second-order valence-electron chi connectivity index (χ2n) is 6.51. The van der Waals surface area contributed by atoms with E-state index in [1.54, 1.807) is 29.2 Å². The Morgan fingerprint density at radius 1 is 1.00 bits per heavy atom. The molecule has 0 saturated carbocycles. The summed E-state index contributed by atoms with van der Waals surface area (Å²) in [6.07, 6.45) is 1.44. The second-order valence-corrected chi connectivity index (χ2v) is 6.51. The Kier molecular flexibility index (Phi) is 6.70. The molecule has 0 unspecified atom stereocenters. The lowest BCUT2D eigenvalue weighted by Crippen LogP contribution is -2.41. The Bertz CT molecular complexity index is 919. The van der Waals surface area contributed by atoms with Crippen molar-refractivity contribution in [2.24, 2.45) is 5.10 Å². The van der Waals surface area contributed by atoms with Crippen LogP contribution in [0.1, 0.15) is 21.5 Å². The number of morpholine rings is 1. The Hall–Kier alpha value is -3.52. The molecule has 2 aromatic rings. The van der Waals surface area contributed by atoms with Crippen molar-refractivity contribution in [3.63, 3.8) is 0 Å². The molecule has 0 spiro atoms. The molecule has 1 aliphatic heterocycles. The molecule has 29 heavy (non-hydrogen) atoms. The van der Waals surface area contributed by atoms with Gasteiger partial charge in [-0.1, -0.05) is 42.0 Å². The molecular formula is C21H22N4O4. The minimum absolute atomic E-state index is 0.220. The zero-order valence-corrected chi connectivity index (χ0v) is 16.1. The topological polar surface area (TPSA) is 100 Å². The molecule has 1 aliphatic rings. The van der Waals surface area contributed by atoms with Crippen molar-refractivity contribution in [3.8, 4) is 0 Å². The Balaban J connectivity index is 1.61. The normalized spacial score (nSPS) is 13.9. The Morgan fingerprint density at radius 3 is 2.41 bits per heavy atom. The maximum absolute atomic E-state index is 12.7. The van der Waals surface area contributed by atoms with Crippen LogP contribution >= 0.6 is 0 Å². The summed E-state index contributed by atoms with van der Waals surface area (Å²) in [6, 6.07) is 14.1. The minimum atomic E-state index is -0.929. The highest BCUT2D eigenvalue weighted by atomic mass is 16.5. The summed E-state index contributed by atoms with van der Waals surface area (Å²) >= 11 is 0. The van der Waals surface area contributed by atoms with Crippen molar-refractivity contribution in [1.29, 1.82) is 0 Å². The van der Waals surface area contributed by atoms with E-state index in [1.807, 2.05) is 31.2 Å². The van der Waals surface area contributed by atoms with Crippen LogP contribution < -0.4 is 10.7 Å². The summed E-state index contributed by atoms with van der Waals surface area (Å²) in [7, 11) is 0. The van der Waals surface area contributed by atoms with Gasteiger partial charge in [0.15, 0.2) is 0 Å². The van der Waals surface area contributed by atoms with E-state index >= 15 is 0 Å². The first kappa shape index (κ1) is 20.2. The second kappa shape index (κ2) is 9.61. The number of para-hydroxylation sites is 1. The molecular weight excluding hydrogens is 372 g/mol. The molecule has 0 aromatic heterocycles. The quantitative estimate of drug-likeness (QED) is 0.467.